The highest BCUT2D eigenvalue weighted by molar-refractivity contribution is 5.78. The number of ether oxygens (including phenoxy) is 4. The molecule has 0 saturated carbocycles. The largest absolute Gasteiger partial charge is 0.491 e. The molecule has 176 valence electrons. The van der Waals surface area contributed by atoms with E-state index in [2.05, 4.69) is 17.6 Å². The third-order valence-electron chi connectivity index (χ3n) is 4.99. The highest BCUT2D eigenvalue weighted by Gasteiger charge is 2.23. The van der Waals surface area contributed by atoms with E-state index in [1.165, 1.54) is 0 Å². The lowest BCUT2D eigenvalue weighted by molar-refractivity contribution is -0.127. The summed E-state index contributed by atoms with van der Waals surface area (Å²) in [5.74, 6) is 1.43. The van der Waals surface area contributed by atoms with Crippen LogP contribution in [0.15, 0.2) is 24.3 Å². The van der Waals surface area contributed by atoms with E-state index in [1.807, 2.05) is 19.1 Å². The van der Waals surface area contributed by atoms with Gasteiger partial charge in [-0.05, 0) is 57.4 Å². The number of nitrogens with one attached hydrogen (secondary N) is 2. The number of benzene rings is 1. The van der Waals surface area contributed by atoms with Gasteiger partial charge >= 0.3 is 0 Å². The van der Waals surface area contributed by atoms with Gasteiger partial charge in [-0.1, -0.05) is 6.92 Å². The Bertz CT molecular complexity index is 619. The molecule has 0 radical (unpaired) electrons. The maximum atomic E-state index is 12.3. The highest BCUT2D eigenvalue weighted by atomic mass is 16.5. The minimum atomic E-state index is -0.736. The zero-order valence-electron chi connectivity index (χ0n) is 19.0. The standard InChI is InChI=1S/C23H38N2O6/c1-4-11-28-14-15-30-20-5-7-21(8-6-20)31-23(18(3)26)25-17(2)16-24-22(27)19-9-12-29-13-10-19/h5-8,17-19,23,25-26H,4,9-16H2,1-3H3,(H,24,27)/t17-,18?,23+/m1/s1. The van der Waals surface area contributed by atoms with Crippen molar-refractivity contribution in [3.8, 4) is 11.5 Å². The molecule has 1 aliphatic heterocycles. The van der Waals surface area contributed by atoms with Crippen molar-refractivity contribution in [2.75, 3.05) is 39.6 Å². The third kappa shape index (κ3) is 9.86. The molecule has 0 spiro atoms. The van der Waals surface area contributed by atoms with Crippen molar-refractivity contribution in [3.63, 3.8) is 0 Å². The van der Waals surface area contributed by atoms with Gasteiger partial charge in [0.25, 0.3) is 0 Å². The topological polar surface area (TPSA) is 98.3 Å². The first kappa shape index (κ1) is 25.4. The Kier molecular flexibility index (Phi) is 11.7. The monoisotopic (exact) mass is 438 g/mol. The molecule has 0 aromatic heterocycles. The molecular weight excluding hydrogens is 400 g/mol. The minimum Gasteiger partial charge on any atom is -0.491 e. The van der Waals surface area contributed by atoms with Crippen LogP contribution in [-0.4, -0.2) is 69.0 Å². The van der Waals surface area contributed by atoms with E-state index in [9.17, 15) is 9.90 Å². The molecule has 3 atom stereocenters. The number of carbonyl (C=O) groups excluding carboxylic acids is 1. The van der Waals surface area contributed by atoms with Gasteiger partial charge in [-0.3, -0.25) is 10.1 Å². The lowest BCUT2D eigenvalue weighted by atomic mass is 9.99. The van der Waals surface area contributed by atoms with Crippen molar-refractivity contribution in [2.45, 2.75) is 58.4 Å². The number of rotatable bonds is 14. The van der Waals surface area contributed by atoms with Crippen LogP contribution in [0.3, 0.4) is 0 Å². The van der Waals surface area contributed by atoms with Crippen molar-refractivity contribution in [3.05, 3.63) is 24.3 Å². The average molecular weight is 439 g/mol. The quantitative estimate of drug-likeness (QED) is 0.302. The van der Waals surface area contributed by atoms with Crippen LogP contribution in [0.4, 0.5) is 0 Å². The fourth-order valence-corrected chi connectivity index (χ4v) is 3.19. The normalized spacial score (nSPS) is 17.5. The second-order valence-electron chi connectivity index (χ2n) is 7.91. The van der Waals surface area contributed by atoms with Crippen LogP contribution in [-0.2, 0) is 14.3 Å². The van der Waals surface area contributed by atoms with E-state index in [0.29, 0.717) is 38.7 Å². The molecule has 1 saturated heterocycles. The highest BCUT2D eigenvalue weighted by Crippen LogP contribution is 2.19. The number of hydrogen-bond donors (Lipinski definition) is 3. The molecular formula is C23H38N2O6. The number of hydrogen-bond acceptors (Lipinski definition) is 7. The molecule has 1 amide bonds. The molecule has 1 unspecified atom stereocenters. The van der Waals surface area contributed by atoms with Crippen molar-refractivity contribution in [2.24, 2.45) is 5.92 Å². The van der Waals surface area contributed by atoms with Gasteiger partial charge < -0.3 is 29.4 Å². The average Bonchev–Trinajstić information content (AvgIpc) is 2.78. The fourth-order valence-electron chi connectivity index (χ4n) is 3.19. The summed E-state index contributed by atoms with van der Waals surface area (Å²) in [4.78, 5) is 12.3. The Morgan fingerprint density at radius 1 is 1.13 bits per heavy atom. The summed E-state index contributed by atoms with van der Waals surface area (Å²) >= 11 is 0. The van der Waals surface area contributed by atoms with Crippen LogP contribution in [0, 0.1) is 5.92 Å². The molecule has 1 aromatic rings. The molecule has 1 aromatic carbocycles. The molecule has 8 nitrogen and oxygen atoms in total. The summed E-state index contributed by atoms with van der Waals surface area (Å²) in [6.45, 7) is 9.20. The van der Waals surface area contributed by atoms with E-state index in [-0.39, 0.29) is 17.9 Å². The van der Waals surface area contributed by atoms with E-state index >= 15 is 0 Å². The predicted octanol–water partition coefficient (Wildman–Crippen LogP) is 2.10. The van der Waals surface area contributed by atoms with Gasteiger partial charge in [0, 0.05) is 38.3 Å². The van der Waals surface area contributed by atoms with E-state index in [1.54, 1.807) is 19.1 Å². The summed E-state index contributed by atoms with van der Waals surface area (Å²) in [6.07, 6.45) is 1.17. The molecule has 0 aliphatic carbocycles. The van der Waals surface area contributed by atoms with Gasteiger partial charge in [-0.15, -0.1) is 0 Å². The summed E-state index contributed by atoms with van der Waals surface area (Å²) in [5.41, 5.74) is 0. The number of carbonyl (C=O) groups is 1. The van der Waals surface area contributed by atoms with Crippen LogP contribution < -0.4 is 20.1 Å². The van der Waals surface area contributed by atoms with Gasteiger partial charge in [-0.2, -0.15) is 0 Å². The molecule has 0 bridgehead atoms. The van der Waals surface area contributed by atoms with Gasteiger partial charge in [0.2, 0.25) is 5.91 Å². The van der Waals surface area contributed by atoms with Crippen LogP contribution in [0.25, 0.3) is 0 Å². The molecule has 3 N–H and O–H groups in total. The number of aliphatic hydroxyl groups is 1. The van der Waals surface area contributed by atoms with E-state index in [4.69, 9.17) is 18.9 Å². The Hall–Kier alpha value is -1.87. The summed E-state index contributed by atoms with van der Waals surface area (Å²) in [6, 6.07) is 7.18. The minimum absolute atomic E-state index is 0.0173. The molecule has 1 fully saturated rings. The second kappa shape index (κ2) is 14.2. The lowest BCUT2D eigenvalue weighted by Gasteiger charge is -2.27. The molecule has 2 rings (SSSR count). The predicted molar refractivity (Wildman–Crippen MR) is 118 cm³/mol. The van der Waals surface area contributed by atoms with Crippen molar-refractivity contribution >= 4 is 5.91 Å². The maximum absolute atomic E-state index is 12.3. The van der Waals surface area contributed by atoms with Crippen LogP contribution >= 0.6 is 0 Å². The first-order valence-electron chi connectivity index (χ1n) is 11.3. The maximum Gasteiger partial charge on any atom is 0.223 e. The molecule has 1 heterocycles. The van der Waals surface area contributed by atoms with Gasteiger partial charge in [0.15, 0.2) is 6.23 Å². The fraction of sp³-hybridized carbons (Fsp3) is 0.696. The first-order valence-corrected chi connectivity index (χ1v) is 11.3. The van der Waals surface area contributed by atoms with Gasteiger partial charge in [0.1, 0.15) is 24.2 Å². The van der Waals surface area contributed by atoms with Crippen LogP contribution in [0.5, 0.6) is 11.5 Å². The Morgan fingerprint density at radius 3 is 2.45 bits per heavy atom. The van der Waals surface area contributed by atoms with E-state index < -0.39 is 12.3 Å². The number of aliphatic hydroxyl groups excluding tert-OH is 1. The first-order chi connectivity index (χ1) is 15.0. The summed E-state index contributed by atoms with van der Waals surface area (Å²) < 4.78 is 22.2. The third-order valence-corrected chi connectivity index (χ3v) is 4.99. The summed E-state index contributed by atoms with van der Waals surface area (Å²) in [7, 11) is 0. The van der Waals surface area contributed by atoms with Crippen LogP contribution in [0.1, 0.15) is 40.0 Å². The molecule has 8 heteroatoms. The van der Waals surface area contributed by atoms with Gasteiger partial charge in [-0.25, -0.2) is 0 Å². The van der Waals surface area contributed by atoms with Gasteiger partial charge in [0.05, 0.1) is 6.61 Å². The SMILES string of the molecule is CCCOCCOc1ccc(O[C@H](N[C@H](C)CNC(=O)C2CCOCC2)C(C)O)cc1. The zero-order chi connectivity index (χ0) is 22.5. The van der Waals surface area contributed by atoms with E-state index in [0.717, 1.165) is 31.6 Å². The Labute approximate surface area is 185 Å². The summed E-state index contributed by atoms with van der Waals surface area (Å²) in [5, 5.41) is 16.3. The lowest BCUT2D eigenvalue weighted by Crippen LogP contribution is -2.51. The molecule has 1 aliphatic rings. The van der Waals surface area contributed by atoms with Crippen LogP contribution in [0.2, 0.25) is 0 Å². The van der Waals surface area contributed by atoms with Crippen molar-refractivity contribution in [1.29, 1.82) is 0 Å². The zero-order valence-corrected chi connectivity index (χ0v) is 19.0. The molecule has 31 heavy (non-hydrogen) atoms. The smallest absolute Gasteiger partial charge is 0.223 e. The van der Waals surface area contributed by atoms with Crippen molar-refractivity contribution < 1.29 is 28.8 Å². The Balaban J connectivity index is 1.75. The number of amides is 1. The Morgan fingerprint density at radius 2 is 1.81 bits per heavy atom. The van der Waals surface area contributed by atoms with Crippen molar-refractivity contribution in [1.82, 2.24) is 10.6 Å². The second-order valence-corrected chi connectivity index (χ2v) is 7.91.